The normalized spacial score (nSPS) is 8.64. The average molecular weight is 328 g/mol. The molecule has 0 atom stereocenters. The summed E-state index contributed by atoms with van der Waals surface area (Å²) in [6.07, 6.45) is 7.70. The highest BCUT2D eigenvalue weighted by Gasteiger charge is 1.85. The fraction of sp³-hybridized carbons (Fsp3) is 0.0833. The van der Waals surface area contributed by atoms with Crippen LogP contribution in [0.3, 0.4) is 0 Å². The van der Waals surface area contributed by atoms with Crippen LogP contribution < -0.4 is 0 Å². The number of terminal acetylenes is 1. The number of rotatable bonds is 3. The Hall–Kier alpha value is -3.08. The van der Waals surface area contributed by atoms with Crippen molar-refractivity contribution in [3.05, 3.63) is 114 Å². The van der Waals surface area contributed by atoms with Gasteiger partial charge in [-0.2, -0.15) is 0 Å². The first kappa shape index (κ1) is 20.0. The molecule has 0 heterocycles. The molecule has 25 heavy (non-hydrogen) atoms. The van der Waals surface area contributed by atoms with Gasteiger partial charge >= 0.3 is 0 Å². The zero-order valence-corrected chi connectivity index (χ0v) is 14.4. The summed E-state index contributed by atoms with van der Waals surface area (Å²) in [5.74, 6) is 2.53. The minimum absolute atomic E-state index is 0.240. The Balaban J connectivity index is 0.000000188. The van der Waals surface area contributed by atoms with Crippen molar-refractivity contribution in [2.75, 3.05) is 6.61 Å². The molecule has 0 saturated carbocycles. The van der Waals surface area contributed by atoms with E-state index >= 15 is 0 Å². The fourth-order valence-electron chi connectivity index (χ4n) is 1.90. The van der Waals surface area contributed by atoms with E-state index in [0.29, 0.717) is 0 Å². The average Bonchev–Trinajstić information content (AvgIpc) is 2.71. The molecule has 3 rings (SSSR count). The smallest absolute Gasteiger partial charge is 0.0471 e. The van der Waals surface area contributed by atoms with E-state index in [1.54, 1.807) is 0 Å². The van der Waals surface area contributed by atoms with Gasteiger partial charge in [0.1, 0.15) is 0 Å². The highest BCUT2D eigenvalue weighted by Crippen LogP contribution is 1.98. The van der Waals surface area contributed by atoms with Crippen molar-refractivity contribution in [1.29, 1.82) is 0 Å². The number of benzene rings is 3. The van der Waals surface area contributed by atoms with Gasteiger partial charge in [0, 0.05) is 12.2 Å². The SMILES string of the molecule is C#Cc1ccccc1.C=Cc1ccccc1.OCCc1ccccc1. The highest BCUT2D eigenvalue weighted by atomic mass is 16.2. The third kappa shape index (κ3) is 9.61. The van der Waals surface area contributed by atoms with Crippen LogP contribution in [0.1, 0.15) is 16.7 Å². The second kappa shape index (κ2) is 13.4. The van der Waals surface area contributed by atoms with Gasteiger partial charge < -0.3 is 5.11 Å². The van der Waals surface area contributed by atoms with E-state index < -0.39 is 0 Å². The highest BCUT2D eigenvalue weighted by molar-refractivity contribution is 5.45. The van der Waals surface area contributed by atoms with Crippen LogP contribution in [0.15, 0.2) is 97.6 Å². The van der Waals surface area contributed by atoms with E-state index in [1.807, 2.05) is 97.1 Å². The van der Waals surface area contributed by atoms with Crippen LogP contribution in [-0.4, -0.2) is 11.7 Å². The Morgan fingerprint density at radius 3 is 1.64 bits per heavy atom. The maximum Gasteiger partial charge on any atom is 0.0471 e. The van der Waals surface area contributed by atoms with E-state index in [2.05, 4.69) is 12.5 Å². The molecule has 3 aromatic carbocycles. The van der Waals surface area contributed by atoms with Crippen molar-refractivity contribution < 1.29 is 5.11 Å². The van der Waals surface area contributed by atoms with Gasteiger partial charge in [-0.05, 0) is 29.7 Å². The van der Waals surface area contributed by atoms with Crippen molar-refractivity contribution in [2.24, 2.45) is 0 Å². The Morgan fingerprint density at radius 1 is 0.800 bits per heavy atom. The molecule has 1 N–H and O–H groups in total. The monoisotopic (exact) mass is 328 g/mol. The van der Waals surface area contributed by atoms with Gasteiger partial charge in [0.15, 0.2) is 0 Å². The van der Waals surface area contributed by atoms with Crippen molar-refractivity contribution in [3.63, 3.8) is 0 Å². The first-order valence-corrected chi connectivity index (χ1v) is 8.14. The number of hydrogen-bond donors (Lipinski definition) is 1. The molecular weight excluding hydrogens is 304 g/mol. The van der Waals surface area contributed by atoms with Crippen LogP contribution >= 0.6 is 0 Å². The molecule has 0 aliphatic carbocycles. The van der Waals surface area contributed by atoms with Crippen molar-refractivity contribution in [2.45, 2.75) is 6.42 Å². The number of aliphatic hydroxyl groups excluding tert-OH is 1. The largest absolute Gasteiger partial charge is 0.396 e. The third-order valence-corrected chi connectivity index (χ3v) is 3.22. The molecule has 1 heteroatoms. The molecule has 0 saturated heterocycles. The summed E-state index contributed by atoms with van der Waals surface area (Å²) in [5.41, 5.74) is 3.31. The predicted molar refractivity (Wildman–Crippen MR) is 108 cm³/mol. The van der Waals surface area contributed by atoms with Crippen LogP contribution in [-0.2, 0) is 6.42 Å². The number of aliphatic hydroxyl groups is 1. The molecule has 0 unspecified atom stereocenters. The van der Waals surface area contributed by atoms with E-state index in [1.165, 1.54) is 11.1 Å². The third-order valence-electron chi connectivity index (χ3n) is 3.22. The van der Waals surface area contributed by atoms with Crippen molar-refractivity contribution in [3.8, 4) is 12.3 Å². The zero-order chi connectivity index (χ0) is 18.2. The lowest BCUT2D eigenvalue weighted by Crippen LogP contribution is -1.88. The minimum atomic E-state index is 0.240. The Kier molecular flexibility index (Phi) is 10.7. The molecule has 0 aliphatic rings. The maximum atomic E-state index is 8.52. The van der Waals surface area contributed by atoms with Crippen molar-refractivity contribution >= 4 is 6.08 Å². The van der Waals surface area contributed by atoms with Gasteiger partial charge in [-0.3, -0.25) is 0 Å². The molecule has 0 fully saturated rings. The van der Waals surface area contributed by atoms with Crippen LogP contribution in [0.5, 0.6) is 0 Å². The molecule has 0 aliphatic heterocycles. The van der Waals surface area contributed by atoms with Gasteiger partial charge in [0.05, 0.1) is 0 Å². The predicted octanol–water partition coefficient (Wildman–Crippen LogP) is 5.22. The van der Waals surface area contributed by atoms with Gasteiger partial charge in [-0.1, -0.05) is 97.4 Å². The van der Waals surface area contributed by atoms with Crippen LogP contribution in [0.4, 0.5) is 0 Å². The number of hydrogen-bond acceptors (Lipinski definition) is 1. The first-order valence-electron chi connectivity index (χ1n) is 8.14. The lowest BCUT2D eigenvalue weighted by molar-refractivity contribution is 0.299. The maximum absolute atomic E-state index is 8.52. The Morgan fingerprint density at radius 2 is 1.28 bits per heavy atom. The molecule has 0 aromatic heterocycles. The van der Waals surface area contributed by atoms with Crippen LogP contribution in [0.2, 0.25) is 0 Å². The molecule has 0 radical (unpaired) electrons. The summed E-state index contributed by atoms with van der Waals surface area (Å²) in [6, 6.07) is 29.6. The summed E-state index contributed by atoms with van der Waals surface area (Å²) in [4.78, 5) is 0. The summed E-state index contributed by atoms with van der Waals surface area (Å²) in [7, 11) is 0. The molecular formula is C24H24O. The summed E-state index contributed by atoms with van der Waals surface area (Å²) in [5, 5.41) is 8.52. The first-order chi connectivity index (χ1) is 12.3. The zero-order valence-electron chi connectivity index (χ0n) is 14.4. The van der Waals surface area contributed by atoms with Gasteiger partial charge in [-0.15, -0.1) is 6.42 Å². The molecule has 0 amide bonds. The van der Waals surface area contributed by atoms with Crippen LogP contribution in [0, 0.1) is 12.3 Å². The Bertz CT molecular complexity index is 725. The summed E-state index contributed by atoms with van der Waals surface area (Å²) < 4.78 is 0. The van der Waals surface area contributed by atoms with Crippen LogP contribution in [0.25, 0.3) is 6.08 Å². The standard InChI is InChI=1S/C8H10O.C8H8.C8H6/c9-7-6-8-4-2-1-3-5-8;2*1-2-8-6-4-3-5-7-8/h1-5,9H,6-7H2;2-7H,1H2;1,3-7H. The Labute approximate surface area is 151 Å². The molecule has 3 aromatic rings. The van der Waals surface area contributed by atoms with E-state index in [-0.39, 0.29) is 6.61 Å². The van der Waals surface area contributed by atoms with Gasteiger partial charge in [0.2, 0.25) is 0 Å². The van der Waals surface area contributed by atoms with E-state index in [0.717, 1.165) is 12.0 Å². The fourth-order valence-corrected chi connectivity index (χ4v) is 1.90. The topological polar surface area (TPSA) is 20.2 Å². The molecule has 1 nitrogen and oxygen atoms in total. The van der Waals surface area contributed by atoms with E-state index in [4.69, 9.17) is 11.5 Å². The van der Waals surface area contributed by atoms with Crippen molar-refractivity contribution in [1.82, 2.24) is 0 Å². The van der Waals surface area contributed by atoms with Gasteiger partial charge in [-0.25, -0.2) is 0 Å². The van der Waals surface area contributed by atoms with Gasteiger partial charge in [0.25, 0.3) is 0 Å². The second-order valence-electron chi connectivity index (χ2n) is 5.08. The van der Waals surface area contributed by atoms with E-state index in [9.17, 15) is 0 Å². The quantitative estimate of drug-likeness (QED) is 0.654. The minimum Gasteiger partial charge on any atom is -0.396 e. The second-order valence-corrected chi connectivity index (χ2v) is 5.08. The molecule has 126 valence electrons. The summed E-state index contributed by atoms with van der Waals surface area (Å²) >= 11 is 0. The molecule has 0 spiro atoms. The lowest BCUT2D eigenvalue weighted by atomic mass is 10.2. The lowest BCUT2D eigenvalue weighted by Gasteiger charge is -1.93. The molecule has 0 bridgehead atoms. The summed E-state index contributed by atoms with van der Waals surface area (Å²) in [6.45, 7) is 3.87.